The van der Waals surface area contributed by atoms with Crippen LogP contribution < -0.4 is 14.8 Å². The number of amides is 1. The number of nitrogens with one attached hydrogen (secondary N) is 2. The number of carbonyl (C=O) groups is 1. The van der Waals surface area contributed by atoms with Crippen molar-refractivity contribution in [2.75, 3.05) is 32.2 Å². The summed E-state index contributed by atoms with van der Waals surface area (Å²) in [6.07, 6.45) is 0. The monoisotopic (exact) mass is 396 g/mol. The average Bonchev–Trinajstić information content (AvgIpc) is 2.63. The molecule has 0 aliphatic heterocycles. The molecule has 2 aromatic carbocycles. The minimum absolute atomic E-state index is 0.0640. The third-order valence-electron chi connectivity index (χ3n) is 3.53. The zero-order valence-corrected chi connectivity index (χ0v) is 15.8. The Kier molecular flexibility index (Phi) is 7.28. The van der Waals surface area contributed by atoms with Gasteiger partial charge in [-0.05, 0) is 37.3 Å². The van der Waals surface area contributed by atoms with Gasteiger partial charge in [-0.2, -0.15) is 0 Å². The van der Waals surface area contributed by atoms with Gasteiger partial charge in [-0.3, -0.25) is 4.79 Å². The Bertz CT molecular complexity index is 902. The summed E-state index contributed by atoms with van der Waals surface area (Å²) in [5.74, 6) is -1.12. The summed E-state index contributed by atoms with van der Waals surface area (Å²) in [7, 11) is -2.35. The van der Waals surface area contributed by atoms with Crippen LogP contribution >= 0.6 is 0 Å². The van der Waals surface area contributed by atoms with E-state index in [0.717, 1.165) is 0 Å². The number of sulfonamides is 1. The molecule has 2 rings (SSSR count). The molecule has 27 heavy (non-hydrogen) atoms. The van der Waals surface area contributed by atoms with Crippen LogP contribution in [0.25, 0.3) is 0 Å². The van der Waals surface area contributed by atoms with Crippen molar-refractivity contribution in [3.63, 3.8) is 0 Å². The number of benzene rings is 2. The Morgan fingerprint density at radius 1 is 1.19 bits per heavy atom. The molecule has 146 valence electrons. The number of halogens is 1. The predicted octanol–water partition coefficient (Wildman–Crippen LogP) is 2.40. The number of methoxy groups -OCH3 is 1. The molecule has 9 heteroatoms. The molecule has 0 saturated heterocycles. The van der Waals surface area contributed by atoms with Crippen LogP contribution in [0.4, 0.5) is 10.1 Å². The Hall–Kier alpha value is -2.49. The van der Waals surface area contributed by atoms with Crippen molar-refractivity contribution in [2.24, 2.45) is 0 Å². The Morgan fingerprint density at radius 3 is 2.59 bits per heavy atom. The van der Waals surface area contributed by atoms with Gasteiger partial charge < -0.3 is 14.8 Å². The van der Waals surface area contributed by atoms with E-state index in [1.807, 2.05) is 0 Å². The minimum Gasteiger partial charge on any atom is -0.492 e. The largest absolute Gasteiger partial charge is 0.492 e. The first kappa shape index (κ1) is 20.8. The van der Waals surface area contributed by atoms with Gasteiger partial charge in [-0.25, -0.2) is 17.5 Å². The molecule has 0 aliphatic rings. The number of hydrogen-bond donors (Lipinski definition) is 2. The van der Waals surface area contributed by atoms with Gasteiger partial charge >= 0.3 is 0 Å². The van der Waals surface area contributed by atoms with E-state index >= 15 is 0 Å². The zero-order chi connectivity index (χ0) is 19.9. The zero-order valence-electron chi connectivity index (χ0n) is 15.0. The van der Waals surface area contributed by atoms with E-state index in [1.54, 1.807) is 6.92 Å². The van der Waals surface area contributed by atoms with Crippen LogP contribution in [0.5, 0.6) is 5.75 Å². The fourth-order valence-electron chi connectivity index (χ4n) is 2.25. The lowest BCUT2D eigenvalue weighted by atomic mass is 10.2. The number of anilines is 1. The summed E-state index contributed by atoms with van der Waals surface area (Å²) in [6, 6.07) is 9.55. The van der Waals surface area contributed by atoms with Crippen molar-refractivity contribution in [1.82, 2.24) is 4.72 Å². The van der Waals surface area contributed by atoms with Crippen molar-refractivity contribution in [2.45, 2.75) is 11.8 Å². The fourth-order valence-corrected chi connectivity index (χ4v) is 3.29. The molecule has 0 aromatic heterocycles. The molecule has 0 unspecified atom stereocenters. The second-order valence-electron chi connectivity index (χ2n) is 5.42. The van der Waals surface area contributed by atoms with Gasteiger partial charge in [0.2, 0.25) is 10.0 Å². The first-order chi connectivity index (χ1) is 12.9. The summed E-state index contributed by atoms with van der Waals surface area (Å²) in [5.41, 5.74) is -0.0360. The molecular weight excluding hydrogens is 375 g/mol. The van der Waals surface area contributed by atoms with Crippen molar-refractivity contribution in [3.8, 4) is 5.75 Å². The molecule has 7 nitrogen and oxygen atoms in total. The second kappa shape index (κ2) is 9.45. The highest BCUT2D eigenvalue weighted by atomic mass is 32.2. The number of ether oxygens (including phenoxy) is 2. The summed E-state index contributed by atoms with van der Waals surface area (Å²) in [4.78, 5) is 12.3. The van der Waals surface area contributed by atoms with E-state index < -0.39 is 21.7 Å². The maximum absolute atomic E-state index is 13.8. The van der Waals surface area contributed by atoms with E-state index in [2.05, 4.69) is 10.0 Å². The average molecular weight is 396 g/mol. The van der Waals surface area contributed by atoms with E-state index in [-0.39, 0.29) is 35.0 Å². The minimum atomic E-state index is -3.81. The third-order valence-corrected chi connectivity index (χ3v) is 4.98. The van der Waals surface area contributed by atoms with Crippen LogP contribution in [-0.2, 0) is 14.8 Å². The van der Waals surface area contributed by atoms with Crippen LogP contribution in [0.3, 0.4) is 0 Å². The van der Waals surface area contributed by atoms with Gasteiger partial charge in [0.25, 0.3) is 5.91 Å². The molecule has 0 spiro atoms. The van der Waals surface area contributed by atoms with E-state index in [0.29, 0.717) is 6.61 Å². The van der Waals surface area contributed by atoms with Crippen molar-refractivity contribution < 1.29 is 27.1 Å². The van der Waals surface area contributed by atoms with E-state index in [4.69, 9.17) is 9.47 Å². The predicted molar refractivity (Wildman–Crippen MR) is 99.0 cm³/mol. The number of carbonyl (C=O) groups excluding carboxylic acids is 1. The molecule has 0 saturated carbocycles. The van der Waals surface area contributed by atoms with Crippen LogP contribution in [-0.4, -0.2) is 41.2 Å². The Labute approximate surface area is 157 Å². The molecule has 2 N–H and O–H groups in total. The smallest absolute Gasteiger partial charge is 0.258 e. The molecule has 0 aliphatic carbocycles. The summed E-state index contributed by atoms with van der Waals surface area (Å²) in [5, 5.41) is 2.51. The molecular formula is C18H21FN2O5S. The first-order valence-electron chi connectivity index (χ1n) is 8.20. The van der Waals surface area contributed by atoms with Crippen LogP contribution in [0.15, 0.2) is 47.4 Å². The number of rotatable bonds is 9. The highest BCUT2D eigenvalue weighted by Crippen LogP contribution is 2.28. The van der Waals surface area contributed by atoms with Crippen LogP contribution in [0.2, 0.25) is 0 Å². The summed E-state index contributed by atoms with van der Waals surface area (Å²) < 4.78 is 51.2. The van der Waals surface area contributed by atoms with Crippen LogP contribution in [0, 0.1) is 5.82 Å². The molecule has 0 radical (unpaired) electrons. The van der Waals surface area contributed by atoms with Crippen molar-refractivity contribution in [1.29, 1.82) is 0 Å². The van der Waals surface area contributed by atoms with E-state index in [1.165, 1.54) is 49.6 Å². The van der Waals surface area contributed by atoms with Gasteiger partial charge in [-0.15, -0.1) is 0 Å². The van der Waals surface area contributed by atoms with Crippen molar-refractivity contribution >= 4 is 21.6 Å². The summed E-state index contributed by atoms with van der Waals surface area (Å²) in [6.45, 7) is 2.37. The summed E-state index contributed by atoms with van der Waals surface area (Å²) >= 11 is 0. The quantitative estimate of drug-likeness (QED) is 0.635. The van der Waals surface area contributed by atoms with Crippen LogP contribution in [0.1, 0.15) is 17.3 Å². The first-order valence-corrected chi connectivity index (χ1v) is 9.68. The highest BCUT2D eigenvalue weighted by Gasteiger charge is 2.19. The highest BCUT2D eigenvalue weighted by molar-refractivity contribution is 7.89. The lowest BCUT2D eigenvalue weighted by Gasteiger charge is -2.14. The fraction of sp³-hybridized carbons (Fsp3) is 0.278. The maximum atomic E-state index is 13.8. The lowest BCUT2D eigenvalue weighted by Crippen LogP contribution is -2.27. The Morgan fingerprint density at radius 2 is 1.93 bits per heavy atom. The maximum Gasteiger partial charge on any atom is 0.258 e. The van der Waals surface area contributed by atoms with Gasteiger partial charge in [0, 0.05) is 13.7 Å². The van der Waals surface area contributed by atoms with Gasteiger partial charge in [0.1, 0.15) is 11.6 Å². The van der Waals surface area contributed by atoms with Gasteiger partial charge in [0.05, 0.1) is 29.4 Å². The topological polar surface area (TPSA) is 93.7 Å². The molecule has 2 aromatic rings. The standard InChI is InChI=1S/C18H21FN2O5S/c1-3-26-17-9-8-13(27(23,24)20-10-11-25-2)12-16(17)21-18(22)14-6-4-5-7-15(14)19/h4-9,12,20H,3,10-11H2,1-2H3,(H,21,22). The molecule has 1 amide bonds. The lowest BCUT2D eigenvalue weighted by molar-refractivity contribution is 0.102. The third kappa shape index (κ3) is 5.49. The number of hydrogen-bond acceptors (Lipinski definition) is 5. The normalized spacial score (nSPS) is 11.2. The molecule has 0 fully saturated rings. The SMILES string of the molecule is CCOc1ccc(S(=O)(=O)NCCOC)cc1NC(=O)c1ccccc1F. The van der Waals surface area contributed by atoms with Crippen molar-refractivity contribution in [3.05, 3.63) is 53.8 Å². The molecule has 0 atom stereocenters. The van der Waals surface area contributed by atoms with Gasteiger partial charge in [-0.1, -0.05) is 12.1 Å². The Balaban J connectivity index is 2.33. The second-order valence-corrected chi connectivity index (χ2v) is 7.18. The van der Waals surface area contributed by atoms with E-state index in [9.17, 15) is 17.6 Å². The molecule has 0 bridgehead atoms. The molecule has 0 heterocycles. The van der Waals surface area contributed by atoms with Gasteiger partial charge in [0.15, 0.2) is 0 Å².